The van der Waals surface area contributed by atoms with E-state index in [4.69, 9.17) is 33.6 Å². The fourth-order valence-corrected chi connectivity index (χ4v) is 16.2. The molecule has 8 nitrogen and oxygen atoms in total. The van der Waals surface area contributed by atoms with E-state index in [-0.39, 0.29) is 99.3 Å². The summed E-state index contributed by atoms with van der Waals surface area (Å²) in [6.45, 7) is 33.6. The van der Waals surface area contributed by atoms with Crippen molar-refractivity contribution in [2.45, 2.75) is 178 Å². The summed E-state index contributed by atoms with van der Waals surface area (Å²) in [7, 11) is 0. The van der Waals surface area contributed by atoms with Crippen LogP contribution in [0.15, 0.2) is 303 Å². The number of hydrogen-bond acceptors (Lipinski definition) is 6. The zero-order valence-corrected chi connectivity index (χ0v) is 79.3. The minimum absolute atomic E-state index is 0. The Kier molecular flexibility index (Phi) is 22.9. The fraction of sp³-hybridized carbons (Fsp3) is 0.231. The van der Waals surface area contributed by atoms with E-state index in [0.29, 0.717) is 50.6 Å². The summed E-state index contributed by atoms with van der Waals surface area (Å²) < 4.78 is 87.8. The standard InChI is InChI=1S/C61H58N3O.C55H54N3O.CH4.2Pt/c1-39-24-29-54(50(32-39)42-20-15-12-16-21-42)64-55-23-17-22-49(56(55)63-58(64)51-37-48(60(5,6)7)38-52(57(51)65)61(8,9)10)45-33-44(40-18-13-11-14-19-40)34-46(35-45)53-36-43(30-31-62-53)41-25-27-47(28-26-41)59(2,3)4;1-35-19-21-38(22-20-35)39-27-28-56-48(32-39)41-29-40(30-42(31-41)53(2,3)4)45-17-14-18-49-50(45)57-52(46-33-43(54(5,6)7)34-47(51(46)59)55(8,9)10)58(49)44-25-23-37(24-26-44)36-15-12-11-13-16-36;;;/h11-34,36-38,65H,1-10H3;11-28,30-34,59H,1-10H3;1H4;;/q2*-1;;;/i1D3;1D3,19D,20D,21D,22D;;;. The Morgan fingerprint density at radius 2 is 0.709 bits per heavy atom. The molecule has 0 aliphatic rings. The number of hydrogen-bond donors (Lipinski definition) is 2. The number of phenolic OH excluding ortho intramolecular Hbond substituents is 2. The van der Waals surface area contributed by atoms with Crippen LogP contribution < -0.4 is 0 Å². The number of aromatic nitrogens is 6. The number of para-hydroxylation sites is 2. The predicted octanol–water partition coefficient (Wildman–Crippen LogP) is 31.2. The maximum absolute atomic E-state index is 12.5. The summed E-state index contributed by atoms with van der Waals surface area (Å²) in [5, 5.41) is 24.8. The topological polar surface area (TPSA) is 102 Å². The Labute approximate surface area is 796 Å². The Morgan fingerprint density at radius 3 is 1.19 bits per heavy atom. The molecule has 10 heteroatoms. The normalized spacial score (nSPS) is 13.3. The monoisotopic (exact) mass is 2040 g/mol. The number of fused-ring (bicyclic) bond motifs is 2. The maximum Gasteiger partial charge on any atom is 0.148 e. The van der Waals surface area contributed by atoms with Crippen molar-refractivity contribution in [3.8, 4) is 146 Å². The molecule has 0 atom stereocenters. The van der Waals surface area contributed by atoms with Crippen molar-refractivity contribution in [1.82, 2.24) is 29.1 Å². The third kappa shape index (κ3) is 19.5. The summed E-state index contributed by atoms with van der Waals surface area (Å²) >= 11 is 0. The van der Waals surface area contributed by atoms with Gasteiger partial charge in [0.05, 0.1) is 44.4 Å². The number of rotatable bonds is 13. The molecule has 0 saturated heterocycles. The second-order valence-corrected chi connectivity index (χ2v) is 38.7. The Bertz CT molecular complexity index is 7340. The molecule has 17 aromatic rings. The van der Waals surface area contributed by atoms with Crippen LogP contribution >= 0.6 is 0 Å². The maximum atomic E-state index is 12.5. The molecule has 0 aliphatic heterocycles. The number of aromatic hydroxyl groups is 2. The quantitative estimate of drug-likeness (QED) is 0.112. The van der Waals surface area contributed by atoms with E-state index >= 15 is 0 Å². The van der Waals surface area contributed by atoms with Gasteiger partial charge >= 0.3 is 0 Å². The van der Waals surface area contributed by atoms with Crippen LogP contribution in [-0.2, 0) is 74.6 Å². The fourth-order valence-electron chi connectivity index (χ4n) is 16.2. The van der Waals surface area contributed by atoms with E-state index in [1.54, 1.807) is 30.5 Å². The van der Waals surface area contributed by atoms with Crippen molar-refractivity contribution < 1.29 is 66.1 Å². The number of imidazole rings is 2. The second-order valence-electron chi connectivity index (χ2n) is 38.7. The van der Waals surface area contributed by atoms with Crippen LogP contribution in [0.3, 0.4) is 0 Å². The van der Waals surface area contributed by atoms with Gasteiger partial charge in [-0.3, -0.25) is 19.1 Å². The van der Waals surface area contributed by atoms with Crippen LogP contribution in [0.4, 0.5) is 0 Å². The summed E-state index contributed by atoms with van der Waals surface area (Å²) in [6, 6.07) is 94.9. The number of phenols is 2. The molecular formula is C117H116N6O2Pt2-2. The molecule has 0 unspecified atom stereocenters. The van der Waals surface area contributed by atoms with E-state index in [9.17, 15) is 10.2 Å². The molecule has 17 rings (SSSR count). The smallest absolute Gasteiger partial charge is 0.148 e. The van der Waals surface area contributed by atoms with Crippen LogP contribution in [0.2, 0.25) is 0 Å². The number of pyridine rings is 2. The van der Waals surface area contributed by atoms with Gasteiger partial charge in [-0.2, -0.15) is 0 Å². The van der Waals surface area contributed by atoms with Gasteiger partial charge in [0.25, 0.3) is 0 Å². The number of aryl methyl sites for hydroxylation is 1. The molecule has 0 bridgehead atoms. The molecule has 0 saturated carbocycles. The molecular weight excluding hydrogens is 1910 g/mol. The summed E-state index contributed by atoms with van der Waals surface area (Å²) in [6.07, 6.45) is 3.42. The SMILES string of the molecule is C.[2H]C([2H])([2H])c1ccc(-n2c(-c3cc(C(C)(C)C)cc(C(C)(C)C)c3O)nc3c(-c4[c-]c(-c5cc(-c6ccc(C(C)(C)C)cc6)ccn5)cc(-c5ccccc5)c4)cccc32)c(-c2ccccc2)c1.[2H]c1c([2H])c(C([2H])([2H])[2H])c([2H])c([2H])c1-c1ccnc(-c2[c-]c(-c3cccc4c3nc(-c3cc(C(C)(C)C)cc(C(C)(C)C)c3O)n4-c3ccc(-c4ccccc4)cc3)cc(C(C)(C)C)c2)c1.[Pt].[Pt]. The van der Waals surface area contributed by atoms with Gasteiger partial charge in [0.15, 0.2) is 0 Å². The largest absolute Gasteiger partial charge is 0.507 e. The van der Waals surface area contributed by atoms with E-state index < -0.39 is 48.9 Å². The van der Waals surface area contributed by atoms with E-state index in [1.807, 2.05) is 109 Å². The van der Waals surface area contributed by atoms with Crippen molar-refractivity contribution in [1.29, 1.82) is 0 Å². The van der Waals surface area contributed by atoms with Gasteiger partial charge in [-0.1, -0.05) is 377 Å². The van der Waals surface area contributed by atoms with Crippen LogP contribution in [0.25, 0.3) is 157 Å². The van der Waals surface area contributed by atoms with Gasteiger partial charge in [0, 0.05) is 96.5 Å². The first-order chi connectivity index (χ1) is 63.0. The molecule has 0 spiro atoms. The van der Waals surface area contributed by atoms with Gasteiger partial charge in [-0.15, -0.1) is 53.1 Å². The minimum Gasteiger partial charge on any atom is -0.507 e. The van der Waals surface area contributed by atoms with Gasteiger partial charge in [-0.25, -0.2) is 9.97 Å². The van der Waals surface area contributed by atoms with Gasteiger partial charge in [-0.05, 0) is 168 Å². The van der Waals surface area contributed by atoms with Gasteiger partial charge in [0.2, 0.25) is 0 Å². The van der Waals surface area contributed by atoms with Crippen molar-refractivity contribution in [3.05, 3.63) is 360 Å². The summed E-state index contributed by atoms with van der Waals surface area (Å²) in [4.78, 5) is 20.7. The summed E-state index contributed by atoms with van der Waals surface area (Å²) in [5.41, 5.74) is 24.3. The zero-order chi connectivity index (χ0) is 96.2. The van der Waals surface area contributed by atoms with Crippen LogP contribution in [-0.4, -0.2) is 39.3 Å². The molecule has 127 heavy (non-hydrogen) atoms. The number of nitrogens with zero attached hydrogens (tertiary/aromatic N) is 6. The molecule has 0 amide bonds. The number of benzene rings is 13. The Hall–Kier alpha value is -11.9. The molecule has 648 valence electrons. The van der Waals surface area contributed by atoms with E-state index in [0.717, 1.165) is 128 Å². The average molecular weight is 2040 g/mol. The van der Waals surface area contributed by atoms with E-state index in [1.165, 1.54) is 5.56 Å². The van der Waals surface area contributed by atoms with Crippen molar-refractivity contribution in [3.63, 3.8) is 0 Å². The van der Waals surface area contributed by atoms with Gasteiger partial charge in [0.1, 0.15) is 23.1 Å². The first-order valence-electron chi connectivity index (χ1n) is 47.5. The predicted molar refractivity (Wildman–Crippen MR) is 527 cm³/mol. The molecule has 2 N–H and O–H groups in total. The third-order valence-corrected chi connectivity index (χ3v) is 23.3. The van der Waals surface area contributed by atoms with Crippen molar-refractivity contribution in [2.24, 2.45) is 0 Å². The second kappa shape index (κ2) is 36.4. The van der Waals surface area contributed by atoms with E-state index in [2.05, 4.69) is 285 Å². The van der Waals surface area contributed by atoms with Crippen molar-refractivity contribution in [2.75, 3.05) is 0 Å². The van der Waals surface area contributed by atoms with Crippen LogP contribution in [0, 0.1) is 25.8 Å². The average Bonchev–Trinajstić information content (AvgIpc) is 1.59. The molecule has 13 aromatic carbocycles. The Balaban J connectivity index is 0.000000227. The Morgan fingerprint density at radius 1 is 0.307 bits per heavy atom. The minimum atomic E-state index is -2.82. The molecule has 4 aromatic heterocycles. The first kappa shape index (κ1) is 79.7. The summed E-state index contributed by atoms with van der Waals surface area (Å²) in [5.74, 6) is 1.46. The van der Waals surface area contributed by atoms with Crippen LogP contribution in [0.5, 0.6) is 11.5 Å². The van der Waals surface area contributed by atoms with Crippen LogP contribution in [0.1, 0.15) is 190 Å². The van der Waals surface area contributed by atoms with Crippen molar-refractivity contribution >= 4 is 22.1 Å². The zero-order valence-electron chi connectivity index (χ0n) is 84.8. The molecule has 0 aliphatic carbocycles. The molecule has 0 radical (unpaired) electrons. The third-order valence-electron chi connectivity index (χ3n) is 23.3. The molecule has 4 heterocycles. The first-order valence-corrected chi connectivity index (χ1v) is 42.5. The molecule has 0 fully saturated rings. The van der Waals surface area contributed by atoms with Gasteiger partial charge < -0.3 is 10.2 Å².